The molecule has 30 heavy (non-hydrogen) atoms. The van der Waals surface area contributed by atoms with E-state index in [0.29, 0.717) is 11.7 Å². The van der Waals surface area contributed by atoms with Crippen molar-refractivity contribution in [3.8, 4) is 0 Å². The van der Waals surface area contributed by atoms with Crippen molar-refractivity contribution in [3.63, 3.8) is 0 Å². The van der Waals surface area contributed by atoms with Crippen molar-refractivity contribution in [1.29, 1.82) is 0 Å². The molecular weight excluding hydrogens is 392 g/mol. The van der Waals surface area contributed by atoms with Gasteiger partial charge in [0.15, 0.2) is 5.11 Å². The zero-order chi connectivity index (χ0) is 20.9. The summed E-state index contributed by atoms with van der Waals surface area (Å²) < 4.78 is 0. The summed E-state index contributed by atoms with van der Waals surface area (Å²) in [4.78, 5) is 16.8. The van der Waals surface area contributed by atoms with Crippen LogP contribution in [0.3, 0.4) is 0 Å². The summed E-state index contributed by atoms with van der Waals surface area (Å²) in [7, 11) is 0. The molecular formula is C24H30N4OS. The first-order chi connectivity index (χ1) is 14.6. The summed E-state index contributed by atoms with van der Waals surface area (Å²) >= 11 is 5.59. The molecule has 2 aromatic rings. The predicted molar refractivity (Wildman–Crippen MR) is 127 cm³/mol. The lowest BCUT2D eigenvalue weighted by Gasteiger charge is -2.31. The Labute approximate surface area is 184 Å². The second kappa shape index (κ2) is 9.47. The van der Waals surface area contributed by atoms with Crippen molar-refractivity contribution in [3.05, 3.63) is 54.7 Å². The molecule has 5 nitrogen and oxygen atoms in total. The third kappa shape index (κ3) is 4.93. The van der Waals surface area contributed by atoms with E-state index in [1.165, 1.54) is 10.8 Å². The summed E-state index contributed by atoms with van der Waals surface area (Å²) in [5, 5.41) is 9.71. The molecule has 2 aromatic carbocycles. The Morgan fingerprint density at radius 1 is 1.03 bits per heavy atom. The minimum Gasteiger partial charge on any atom is -0.364 e. The fraction of sp³-hybridized carbons (Fsp3) is 0.417. The molecule has 4 rings (SSSR count). The van der Waals surface area contributed by atoms with Crippen LogP contribution in [-0.4, -0.2) is 53.0 Å². The van der Waals surface area contributed by atoms with Crippen molar-refractivity contribution in [2.45, 2.75) is 38.1 Å². The van der Waals surface area contributed by atoms with Crippen LogP contribution in [0.1, 0.15) is 32.1 Å². The van der Waals surface area contributed by atoms with Crippen LogP contribution in [0.15, 0.2) is 54.7 Å². The number of nitrogens with zero attached hydrogens (tertiary/aromatic N) is 2. The largest absolute Gasteiger partial charge is 0.364 e. The van der Waals surface area contributed by atoms with E-state index in [0.717, 1.165) is 63.1 Å². The van der Waals surface area contributed by atoms with Crippen LogP contribution in [0.5, 0.6) is 0 Å². The Hall–Kier alpha value is -2.60. The maximum absolute atomic E-state index is 12.6. The molecule has 1 amide bonds. The average molecular weight is 423 g/mol. The van der Waals surface area contributed by atoms with Gasteiger partial charge in [-0.2, -0.15) is 0 Å². The molecule has 0 aromatic heterocycles. The highest BCUT2D eigenvalue weighted by molar-refractivity contribution is 7.80. The number of benzene rings is 2. The van der Waals surface area contributed by atoms with Crippen molar-refractivity contribution >= 4 is 39.7 Å². The van der Waals surface area contributed by atoms with Gasteiger partial charge in [0, 0.05) is 31.0 Å². The topological polar surface area (TPSA) is 47.6 Å². The molecule has 2 saturated heterocycles. The molecule has 0 aliphatic carbocycles. The zero-order valence-electron chi connectivity index (χ0n) is 17.4. The first-order valence-corrected chi connectivity index (χ1v) is 11.3. The van der Waals surface area contributed by atoms with Crippen molar-refractivity contribution < 1.29 is 4.79 Å². The Morgan fingerprint density at radius 3 is 2.57 bits per heavy atom. The van der Waals surface area contributed by atoms with Crippen LogP contribution in [0.2, 0.25) is 0 Å². The summed E-state index contributed by atoms with van der Waals surface area (Å²) in [6, 6.07) is 14.6. The van der Waals surface area contributed by atoms with Crippen molar-refractivity contribution in [1.82, 2.24) is 15.1 Å². The van der Waals surface area contributed by atoms with Crippen LogP contribution >= 0.6 is 12.2 Å². The average Bonchev–Trinajstić information content (AvgIpc) is 3.24. The van der Waals surface area contributed by atoms with E-state index in [1.54, 1.807) is 0 Å². The van der Waals surface area contributed by atoms with Gasteiger partial charge in [0.2, 0.25) is 5.91 Å². The van der Waals surface area contributed by atoms with E-state index in [9.17, 15) is 4.79 Å². The maximum atomic E-state index is 12.6. The number of amides is 1. The number of anilines is 1. The number of rotatable bonds is 4. The van der Waals surface area contributed by atoms with Gasteiger partial charge in [-0.1, -0.05) is 36.9 Å². The summed E-state index contributed by atoms with van der Waals surface area (Å²) in [6.07, 6.45) is 5.35. The van der Waals surface area contributed by atoms with Gasteiger partial charge in [-0.05, 0) is 67.2 Å². The fourth-order valence-corrected chi connectivity index (χ4v) is 4.60. The number of likely N-dealkylation sites (tertiary alicyclic amines) is 2. The number of thiocarbonyl (C=S) groups is 1. The number of nitrogens with one attached hydrogen (secondary N) is 2. The lowest BCUT2D eigenvalue weighted by Crippen LogP contribution is -2.45. The molecule has 1 atom stereocenters. The third-order valence-electron chi connectivity index (χ3n) is 6.08. The number of carbonyl (C=O) groups is 1. The van der Waals surface area contributed by atoms with E-state index in [1.807, 2.05) is 23.1 Å². The smallest absolute Gasteiger partial charge is 0.242 e. The van der Waals surface area contributed by atoms with Gasteiger partial charge in [0.1, 0.15) is 0 Å². The molecule has 0 spiro atoms. The van der Waals surface area contributed by atoms with E-state index in [-0.39, 0.29) is 11.9 Å². The van der Waals surface area contributed by atoms with Gasteiger partial charge in [-0.25, -0.2) is 0 Å². The lowest BCUT2D eigenvalue weighted by molar-refractivity contribution is -0.130. The van der Waals surface area contributed by atoms with E-state index in [4.69, 9.17) is 12.2 Å². The number of hydrogen-bond acceptors (Lipinski definition) is 3. The van der Waals surface area contributed by atoms with Gasteiger partial charge in [-0.15, -0.1) is 0 Å². The van der Waals surface area contributed by atoms with Crippen molar-refractivity contribution in [2.24, 2.45) is 0 Å². The summed E-state index contributed by atoms with van der Waals surface area (Å²) in [6.45, 7) is 7.40. The molecule has 2 fully saturated rings. The molecule has 2 aliphatic heterocycles. The molecule has 2 N–H and O–H groups in total. The van der Waals surface area contributed by atoms with Crippen LogP contribution in [-0.2, 0) is 4.79 Å². The maximum Gasteiger partial charge on any atom is 0.242 e. The van der Waals surface area contributed by atoms with Gasteiger partial charge in [-0.3, -0.25) is 4.79 Å². The molecule has 2 aliphatic rings. The molecule has 0 saturated carbocycles. The first-order valence-electron chi connectivity index (χ1n) is 10.9. The SMILES string of the molecule is C=C1C(NC(=S)Nc2ccc3ccccc3c2)CCCCN1CC(=O)N1CCCC1. The van der Waals surface area contributed by atoms with Crippen LogP contribution in [0.25, 0.3) is 10.8 Å². The number of fused-ring (bicyclic) bond motifs is 1. The molecule has 0 radical (unpaired) electrons. The fourth-order valence-electron chi connectivity index (χ4n) is 4.34. The number of hydrogen-bond donors (Lipinski definition) is 2. The van der Waals surface area contributed by atoms with Crippen LogP contribution in [0.4, 0.5) is 5.69 Å². The van der Waals surface area contributed by atoms with Gasteiger partial charge >= 0.3 is 0 Å². The zero-order valence-corrected chi connectivity index (χ0v) is 18.2. The Kier molecular flexibility index (Phi) is 6.53. The van der Waals surface area contributed by atoms with Crippen LogP contribution < -0.4 is 10.6 Å². The Morgan fingerprint density at radius 2 is 1.77 bits per heavy atom. The number of carbonyl (C=O) groups excluding carboxylic acids is 1. The highest BCUT2D eigenvalue weighted by atomic mass is 32.1. The molecule has 2 heterocycles. The third-order valence-corrected chi connectivity index (χ3v) is 6.30. The highest BCUT2D eigenvalue weighted by Gasteiger charge is 2.26. The minimum absolute atomic E-state index is 0.0411. The van der Waals surface area contributed by atoms with Gasteiger partial charge < -0.3 is 20.4 Å². The van der Waals surface area contributed by atoms with Crippen LogP contribution in [0, 0.1) is 0 Å². The van der Waals surface area contributed by atoms with E-state index in [2.05, 4.69) is 46.4 Å². The Balaban J connectivity index is 1.37. The van der Waals surface area contributed by atoms with E-state index < -0.39 is 0 Å². The second-order valence-corrected chi connectivity index (χ2v) is 8.62. The molecule has 1 unspecified atom stereocenters. The highest BCUT2D eigenvalue weighted by Crippen LogP contribution is 2.22. The molecule has 0 bridgehead atoms. The van der Waals surface area contributed by atoms with Gasteiger partial charge in [0.05, 0.1) is 12.6 Å². The minimum atomic E-state index is 0.0411. The monoisotopic (exact) mass is 422 g/mol. The first kappa shape index (κ1) is 20.7. The summed E-state index contributed by atoms with van der Waals surface area (Å²) in [5.74, 6) is 0.214. The van der Waals surface area contributed by atoms with Gasteiger partial charge in [0.25, 0.3) is 0 Å². The lowest BCUT2D eigenvalue weighted by atomic mass is 10.1. The molecule has 158 valence electrons. The standard InChI is InChI=1S/C24H30N4OS/c1-18-22(10-4-5-15-28(18)17-23(29)27-13-6-7-14-27)26-24(30)25-21-12-11-19-8-2-3-9-20(19)16-21/h2-3,8-9,11-12,16,22H,1,4-7,10,13-15,17H2,(H2,25,26,30). The predicted octanol–water partition coefficient (Wildman–Crippen LogP) is 4.12. The van der Waals surface area contributed by atoms with Crippen molar-refractivity contribution in [2.75, 3.05) is 31.5 Å². The quantitative estimate of drug-likeness (QED) is 0.726. The Bertz CT molecular complexity index is 938. The molecule has 6 heteroatoms. The van der Waals surface area contributed by atoms with E-state index >= 15 is 0 Å². The second-order valence-electron chi connectivity index (χ2n) is 8.21. The summed E-state index contributed by atoms with van der Waals surface area (Å²) in [5.41, 5.74) is 1.93. The normalized spacial score (nSPS) is 19.6.